The summed E-state index contributed by atoms with van der Waals surface area (Å²) < 4.78 is 0. The molecule has 0 aromatic carbocycles. The van der Waals surface area contributed by atoms with Gasteiger partial charge in [0.2, 0.25) is 5.91 Å². The topological polar surface area (TPSA) is 66.4 Å². The summed E-state index contributed by atoms with van der Waals surface area (Å²) in [6.07, 6.45) is 10.8. The average molecular weight is 305 g/mol. The van der Waals surface area contributed by atoms with Gasteiger partial charge < -0.3 is 10.4 Å². The Hall–Kier alpha value is -1.06. The van der Waals surface area contributed by atoms with Crippen LogP contribution in [0.25, 0.3) is 0 Å². The molecule has 5 saturated carbocycles. The molecule has 5 aliphatic carbocycles. The van der Waals surface area contributed by atoms with Crippen molar-refractivity contribution in [1.82, 2.24) is 5.32 Å². The number of rotatable bonds is 3. The number of carboxylic acids is 1. The van der Waals surface area contributed by atoms with Crippen LogP contribution in [0, 0.1) is 29.6 Å². The summed E-state index contributed by atoms with van der Waals surface area (Å²) in [7, 11) is 0. The van der Waals surface area contributed by atoms with E-state index in [4.69, 9.17) is 0 Å². The predicted octanol–water partition coefficient (Wildman–Crippen LogP) is 2.96. The van der Waals surface area contributed by atoms with Crippen LogP contribution in [0.4, 0.5) is 0 Å². The molecule has 2 atom stereocenters. The van der Waals surface area contributed by atoms with Gasteiger partial charge in [0.15, 0.2) is 0 Å². The van der Waals surface area contributed by atoms with Crippen molar-refractivity contribution in [1.29, 1.82) is 0 Å². The molecular formula is C18H27NO3. The number of nitrogens with one attached hydrogen (secondary N) is 1. The van der Waals surface area contributed by atoms with Crippen molar-refractivity contribution in [3.05, 3.63) is 0 Å². The zero-order valence-electron chi connectivity index (χ0n) is 13.2. The highest BCUT2D eigenvalue weighted by molar-refractivity contribution is 5.85. The van der Waals surface area contributed by atoms with Gasteiger partial charge in [-0.15, -0.1) is 0 Å². The lowest BCUT2D eigenvalue weighted by molar-refractivity contribution is -0.150. The monoisotopic (exact) mass is 305 g/mol. The molecule has 5 rings (SSSR count). The Labute approximate surface area is 132 Å². The van der Waals surface area contributed by atoms with E-state index in [1.54, 1.807) is 0 Å². The van der Waals surface area contributed by atoms with Crippen molar-refractivity contribution in [3.63, 3.8) is 0 Å². The van der Waals surface area contributed by atoms with E-state index in [-0.39, 0.29) is 17.4 Å². The lowest BCUT2D eigenvalue weighted by Gasteiger charge is -2.57. The lowest BCUT2D eigenvalue weighted by Crippen LogP contribution is -2.61. The van der Waals surface area contributed by atoms with E-state index in [1.165, 1.54) is 19.3 Å². The molecule has 122 valence electrons. The van der Waals surface area contributed by atoms with Gasteiger partial charge in [-0.05, 0) is 69.1 Å². The Balaban J connectivity index is 1.48. The first-order valence-corrected chi connectivity index (χ1v) is 9.09. The van der Waals surface area contributed by atoms with Crippen molar-refractivity contribution >= 4 is 11.9 Å². The van der Waals surface area contributed by atoms with E-state index in [0.29, 0.717) is 6.42 Å². The van der Waals surface area contributed by atoms with Crippen LogP contribution in [0.5, 0.6) is 0 Å². The summed E-state index contributed by atoms with van der Waals surface area (Å²) in [5.41, 5.74) is 0.00628. The molecule has 0 heterocycles. The molecule has 0 unspecified atom stereocenters. The molecule has 22 heavy (non-hydrogen) atoms. The first-order valence-electron chi connectivity index (χ1n) is 9.09. The van der Waals surface area contributed by atoms with Gasteiger partial charge in [-0.1, -0.05) is 12.8 Å². The molecule has 0 saturated heterocycles. The number of hydrogen-bond acceptors (Lipinski definition) is 2. The van der Waals surface area contributed by atoms with Gasteiger partial charge in [-0.3, -0.25) is 9.59 Å². The van der Waals surface area contributed by atoms with Gasteiger partial charge in [0.05, 0.1) is 11.8 Å². The van der Waals surface area contributed by atoms with Gasteiger partial charge in [0, 0.05) is 5.54 Å². The molecule has 0 aromatic rings. The molecule has 5 aliphatic rings. The van der Waals surface area contributed by atoms with Gasteiger partial charge in [-0.25, -0.2) is 0 Å². The first-order chi connectivity index (χ1) is 10.5. The fraction of sp³-hybridized carbons (Fsp3) is 0.889. The highest BCUT2D eigenvalue weighted by Gasteiger charge is 2.52. The zero-order valence-corrected chi connectivity index (χ0v) is 13.2. The maximum atomic E-state index is 12.8. The van der Waals surface area contributed by atoms with E-state index >= 15 is 0 Å². The third kappa shape index (κ3) is 2.44. The molecular weight excluding hydrogens is 278 g/mol. The Bertz CT molecular complexity index is 451. The molecule has 4 heteroatoms. The molecule has 4 nitrogen and oxygen atoms in total. The number of amides is 1. The normalized spacial score (nSPS) is 46.5. The molecule has 5 fully saturated rings. The van der Waals surface area contributed by atoms with Gasteiger partial charge in [-0.2, -0.15) is 0 Å². The maximum absolute atomic E-state index is 12.8. The third-order valence-corrected chi connectivity index (χ3v) is 6.85. The number of carbonyl (C=O) groups excluding carboxylic acids is 1. The number of hydrogen-bond donors (Lipinski definition) is 2. The number of carbonyl (C=O) groups is 2. The Morgan fingerprint density at radius 3 is 1.86 bits per heavy atom. The van der Waals surface area contributed by atoms with Crippen LogP contribution in [0.1, 0.15) is 64.2 Å². The fourth-order valence-corrected chi connectivity index (χ4v) is 6.36. The lowest BCUT2D eigenvalue weighted by atomic mass is 9.53. The Kier molecular flexibility index (Phi) is 3.46. The molecule has 0 radical (unpaired) electrons. The molecule has 2 N–H and O–H groups in total. The van der Waals surface area contributed by atoms with E-state index < -0.39 is 11.9 Å². The third-order valence-electron chi connectivity index (χ3n) is 6.85. The van der Waals surface area contributed by atoms with E-state index in [2.05, 4.69) is 5.32 Å². The van der Waals surface area contributed by atoms with Crippen LogP contribution in [-0.4, -0.2) is 22.5 Å². The van der Waals surface area contributed by atoms with Crippen LogP contribution in [0.3, 0.4) is 0 Å². The SMILES string of the molecule is O=C(O)[C@H]1CCCC[C@@H]1C(=O)NC12CC3CC(CC(C3)C1)C2. The van der Waals surface area contributed by atoms with Gasteiger partial charge in [0.25, 0.3) is 0 Å². The van der Waals surface area contributed by atoms with E-state index in [9.17, 15) is 14.7 Å². The largest absolute Gasteiger partial charge is 0.481 e. The van der Waals surface area contributed by atoms with Crippen molar-refractivity contribution in [3.8, 4) is 0 Å². The molecule has 0 spiro atoms. The minimum Gasteiger partial charge on any atom is -0.481 e. The maximum Gasteiger partial charge on any atom is 0.307 e. The molecule has 0 aliphatic heterocycles. The number of carboxylic acid groups (broad SMARTS) is 1. The Morgan fingerprint density at radius 2 is 1.36 bits per heavy atom. The second kappa shape index (κ2) is 5.24. The van der Waals surface area contributed by atoms with Crippen LogP contribution in [-0.2, 0) is 9.59 Å². The molecule has 1 amide bonds. The summed E-state index contributed by atoms with van der Waals surface area (Å²) >= 11 is 0. The second-order valence-corrected chi connectivity index (χ2v) is 8.52. The second-order valence-electron chi connectivity index (χ2n) is 8.52. The van der Waals surface area contributed by atoms with Crippen LogP contribution in [0.15, 0.2) is 0 Å². The highest BCUT2D eigenvalue weighted by Crippen LogP contribution is 2.55. The van der Waals surface area contributed by atoms with E-state index in [1.807, 2.05) is 0 Å². The van der Waals surface area contributed by atoms with Crippen LogP contribution in [0.2, 0.25) is 0 Å². The van der Waals surface area contributed by atoms with Crippen molar-refractivity contribution < 1.29 is 14.7 Å². The van der Waals surface area contributed by atoms with Crippen LogP contribution >= 0.6 is 0 Å². The minimum atomic E-state index is -0.787. The summed E-state index contributed by atoms with van der Waals surface area (Å²) in [6, 6.07) is 0. The van der Waals surface area contributed by atoms with Crippen molar-refractivity contribution in [2.45, 2.75) is 69.7 Å². The quantitative estimate of drug-likeness (QED) is 0.842. The first kappa shape index (κ1) is 14.5. The highest BCUT2D eigenvalue weighted by atomic mass is 16.4. The average Bonchev–Trinajstić information content (AvgIpc) is 2.45. The summed E-state index contributed by atoms with van der Waals surface area (Å²) in [5.74, 6) is 0.871. The summed E-state index contributed by atoms with van der Waals surface area (Å²) in [6.45, 7) is 0. The van der Waals surface area contributed by atoms with Crippen molar-refractivity contribution in [2.75, 3.05) is 0 Å². The predicted molar refractivity (Wildman–Crippen MR) is 82.1 cm³/mol. The summed E-state index contributed by atoms with van der Waals surface area (Å²) in [4.78, 5) is 24.3. The zero-order chi connectivity index (χ0) is 15.3. The fourth-order valence-electron chi connectivity index (χ4n) is 6.36. The molecule has 0 aromatic heterocycles. The van der Waals surface area contributed by atoms with Gasteiger partial charge >= 0.3 is 5.97 Å². The smallest absolute Gasteiger partial charge is 0.307 e. The van der Waals surface area contributed by atoms with Crippen LogP contribution < -0.4 is 5.32 Å². The standard InChI is InChI=1S/C18H27NO3/c20-16(14-3-1-2-4-15(14)17(21)22)19-18-8-11-5-12(9-18)7-13(6-11)10-18/h11-15H,1-10H2,(H,19,20)(H,21,22)/t11?,12?,13?,14-,15-,18?/m0/s1. The minimum absolute atomic E-state index is 0.00628. The summed E-state index contributed by atoms with van der Waals surface area (Å²) in [5, 5.41) is 12.8. The number of aliphatic carboxylic acids is 1. The van der Waals surface area contributed by atoms with E-state index in [0.717, 1.165) is 56.3 Å². The van der Waals surface area contributed by atoms with Crippen molar-refractivity contribution in [2.24, 2.45) is 29.6 Å². The molecule has 4 bridgehead atoms. The Morgan fingerprint density at radius 1 is 0.864 bits per heavy atom. The van der Waals surface area contributed by atoms with Gasteiger partial charge in [0.1, 0.15) is 0 Å².